The van der Waals surface area contributed by atoms with E-state index in [0.29, 0.717) is 17.9 Å². The van der Waals surface area contributed by atoms with Gasteiger partial charge >= 0.3 is 0 Å². The molecule has 1 saturated heterocycles. The van der Waals surface area contributed by atoms with Crippen molar-refractivity contribution in [1.29, 1.82) is 5.26 Å². The molecule has 1 aliphatic rings. The first kappa shape index (κ1) is 18.4. The standard InChI is InChI=1S/C22H26N2O2/c23-15-20-6-8-22(9-7-20)26-17-21(25)16-24-12-10-19(11-13-24)14-18-4-2-1-3-5-18/h1-9,19,21,25H,10-14,16-17H2/t21-/m0/s1. The van der Waals surface area contributed by atoms with Crippen molar-refractivity contribution in [1.82, 2.24) is 4.90 Å². The Balaban J connectivity index is 1.36. The topological polar surface area (TPSA) is 56.5 Å². The molecular weight excluding hydrogens is 324 g/mol. The second-order valence-corrected chi connectivity index (χ2v) is 7.03. The van der Waals surface area contributed by atoms with Crippen molar-refractivity contribution in [3.05, 3.63) is 65.7 Å². The van der Waals surface area contributed by atoms with Crippen molar-refractivity contribution in [2.75, 3.05) is 26.2 Å². The Kier molecular flexibility index (Phi) is 6.65. The highest BCUT2D eigenvalue weighted by atomic mass is 16.5. The summed E-state index contributed by atoms with van der Waals surface area (Å²) in [5.41, 5.74) is 2.03. The molecular formula is C22H26N2O2. The molecule has 4 nitrogen and oxygen atoms in total. The maximum absolute atomic E-state index is 10.2. The number of likely N-dealkylation sites (tertiary alicyclic amines) is 1. The van der Waals surface area contributed by atoms with Crippen LogP contribution in [-0.2, 0) is 6.42 Å². The largest absolute Gasteiger partial charge is 0.491 e. The molecule has 2 aromatic rings. The molecule has 0 saturated carbocycles. The highest BCUT2D eigenvalue weighted by molar-refractivity contribution is 5.34. The molecule has 3 rings (SSSR count). The lowest BCUT2D eigenvalue weighted by Crippen LogP contribution is -2.41. The second kappa shape index (κ2) is 9.38. The van der Waals surface area contributed by atoms with E-state index in [0.717, 1.165) is 25.4 Å². The lowest BCUT2D eigenvalue weighted by molar-refractivity contribution is 0.0550. The van der Waals surface area contributed by atoms with E-state index in [9.17, 15) is 5.11 Å². The number of hydrogen-bond acceptors (Lipinski definition) is 4. The van der Waals surface area contributed by atoms with Gasteiger partial charge in [0, 0.05) is 6.54 Å². The third-order valence-electron chi connectivity index (χ3n) is 4.97. The maximum atomic E-state index is 10.2. The van der Waals surface area contributed by atoms with Crippen molar-refractivity contribution in [3.63, 3.8) is 0 Å². The van der Waals surface area contributed by atoms with Crippen LogP contribution in [0.25, 0.3) is 0 Å². The molecule has 1 fully saturated rings. The number of ether oxygens (including phenoxy) is 1. The lowest BCUT2D eigenvalue weighted by Gasteiger charge is -2.33. The van der Waals surface area contributed by atoms with Gasteiger partial charge < -0.3 is 14.7 Å². The molecule has 136 valence electrons. The molecule has 0 aliphatic carbocycles. The Hall–Kier alpha value is -2.35. The van der Waals surface area contributed by atoms with E-state index in [4.69, 9.17) is 10.00 Å². The van der Waals surface area contributed by atoms with Crippen molar-refractivity contribution in [2.45, 2.75) is 25.4 Å². The van der Waals surface area contributed by atoms with E-state index in [2.05, 4.69) is 41.3 Å². The summed E-state index contributed by atoms with van der Waals surface area (Å²) in [6, 6.07) is 19.7. The average molecular weight is 350 g/mol. The Morgan fingerprint density at radius 3 is 2.42 bits per heavy atom. The summed E-state index contributed by atoms with van der Waals surface area (Å²) in [6.07, 6.45) is 3.01. The summed E-state index contributed by atoms with van der Waals surface area (Å²) >= 11 is 0. The van der Waals surface area contributed by atoms with Crippen molar-refractivity contribution < 1.29 is 9.84 Å². The fourth-order valence-corrected chi connectivity index (χ4v) is 3.49. The first-order valence-electron chi connectivity index (χ1n) is 9.30. The Morgan fingerprint density at radius 2 is 1.77 bits per heavy atom. The van der Waals surface area contributed by atoms with Gasteiger partial charge in [0.05, 0.1) is 11.6 Å². The van der Waals surface area contributed by atoms with Gasteiger partial charge in [-0.1, -0.05) is 30.3 Å². The van der Waals surface area contributed by atoms with E-state index in [-0.39, 0.29) is 6.61 Å². The van der Waals surface area contributed by atoms with Gasteiger partial charge in [-0.05, 0) is 68.1 Å². The van der Waals surface area contributed by atoms with Crippen LogP contribution < -0.4 is 4.74 Å². The fourth-order valence-electron chi connectivity index (χ4n) is 3.49. The molecule has 0 aromatic heterocycles. The highest BCUT2D eigenvalue weighted by Gasteiger charge is 2.21. The predicted octanol–water partition coefficient (Wildman–Crippen LogP) is 3.25. The first-order valence-corrected chi connectivity index (χ1v) is 9.30. The summed E-state index contributed by atoms with van der Waals surface area (Å²) in [5.74, 6) is 1.42. The number of aliphatic hydroxyl groups is 1. The number of aliphatic hydroxyl groups excluding tert-OH is 1. The number of piperidine rings is 1. The minimum atomic E-state index is -0.503. The van der Waals surface area contributed by atoms with Crippen LogP contribution in [0.4, 0.5) is 0 Å². The number of nitrogens with zero attached hydrogens (tertiary/aromatic N) is 2. The molecule has 0 spiro atoms. The van der Waals surface area contributed by atoms with Gasteiger partial charge in [-0.2, -0.15) is 5.26 Å². The van der Waals surface area contributed by atoms with Gasteiger partial charge in [0.25, 0.3) is 0 Å². The fraction of sp³-hybridized carbons (Fsp3) is 0.409. The average Bonchev–Trinajstić information content (AvgIpc) is 2.69. The van der Waals surface area contributed by atoms with Crippen molar-refractivity contribution >= 4 is 0 Å². The van der Waals surface area contributed by atoms with Crippen LogP contribution in [0.3, 0.4) is 0 Å². The third-order valence-corrected chi connectivity index (χ3v) is 4.97. The summed E-state index contributed by atoms with van der Waals surface area (Å²) in [6.45, 7) is 2.99. The van der Waals surface area contributed by atoms with Gasteiger partial charge in [0.2, 0.25) is 0 Å². The van der Waals surface area contributed by atoms with Gasteiger partial charge in [-0.25, -0.2) is 0 Å². The van der Waals surface area contributed by atoms with Crippen LogP contribution in [0.15, 0.2) is 54.6 Å². The zero-order chi connectivity index (χ0) is 18.2. The Bertz CT molecular complexity index is 701. The van der Waals surface area contributed by atoms with Gasteiger partial charge in [-0.15, -0.1) is 0 Å². The van der Waals surface area contributed by atoms with Crippen molar-refractivity contribution in [2.24, 2.45) is 5.92 Å². The summed E-state index contributed by atoms with van der Waals surface area (Å²) in [4.78, 5) is 2.33. The second-order valence-electron chi connectivity index (χ2n) is 7.03. The number of rotatable bonds is 7. The van der Waals surface area contributed by atoms with Gasteiger partial charge in [0.15, 0.2) is 0 Å². The smallest absolute Gasteiger partial charge is 0.119 e. The molecule has 1 atom stereocenters. The number of nitriles is 1. The van der Waals surface area contributed by atoms with Crippen LogP contribution >= 0.6 is 0 Å². The molecule has 1 N–H and O–H groups in total. The van der Waals surface area contributed by atoms with Crippen LogP contribution in [0, 0.1) is 17.2 Å². The predicted molar refractivity (Wildman–Crippen MR) is 102 cm³/mol. The van der Waals surface area contributed by atoms with Crippen LogP contribution in [0.5, 0.6) is 5.75 Å². The Morgan fingerprint density at radius 1 is 1.08 bits per heavy atom. The molecule has 0 bridgehead atoms. The van der Waals surface area contributed by atoms with Gasteiger partial charge in [-0.3, -0.25) is 0 Å². The van der Waals surface area contributed by atoms with E-state index >= 15 is 0 Å². The summed E-state index contributed by atoms with van der Waals surface area (Å²) in [5, 5.41) is 19.0. The highest BCUT2D eigenvalue weighted by Crippen LogP contribution is 2.22. The molecule has 0 unspecified atom stereocenters. The summed E-state index contributed by atoms with van der Waals surface area (Å²) < 4.78 is 5.62. The molecule has 4 heteroatoms. The number of β-amino-alcohol motifs (C(OH)–C–C–N with tert-alkyl or cyclic N) is 1. The molecule has 2 aromatic carbocycles. The van der Waals surface area contributed by atoms with E-state index < -0.39 is 6.10 Å². The van der Waals surface area contributed by atoms with Crippen molar-refractivity contribution in [3.8, 4) is 11.8 Å². The molecule has 1 heterocycles. The molecule has 0 amide bonds. The van der Waals surface area contributed by atoms with Crippen LogP contribution in [0.2, 0.25) is 0 Å². The zero-order valence-electron chi connectivity index (χ0n) is 15.1. The third kappa shape index (κ3) is 5.59. The number of benzene rings is 2. The van der Waals surface area contributed by atoms with Crippen LogP contribution in [-0.4, -0.2) is 42.4 Å². The van der Waals surface area contributed by atoms with E-state index in [1.54, 1.807) is 24.3 Å². The van der Waals surface area contributed by atoms with E-state index in [1.165, 1.54) is 18.4 Å². The lowest BCUT2D eigenvalue weighted by atomic mass is 9.90. The maximum Gasteiger partial charge on any atom is 0.119 e. The molecule has 26 heavy (non-hydrogen) atoms. The minimum absolute atomic E-state index is 0.274. The first-order chi connectivity index (χ1) is 12.7. The Labute approximate surface area is 155 Å². The summed E-state index contributed by atoms with van der Waals surface area (Å²) in [7, 11) is 0. The number of hydrogen-bond donors (Lipinski definition) is 1. The zero-order valence-corrected chi connectivity index (χ0v) is 15.1. The normalized spacial score (nSPS) is 16.8. The van der Waals surface area contributed by atoms with E-state index in [1.807, 2.05) is 0 Å². The monoisotopic (exact) mass is 350 g/mol. The molecule has 0 radical (unpaired) electrons. The van der Waals surface area contributed by atoms with Gasteiger partial charge in [0.1, 0.15) is 18.5 Å². The van der Waals surface area contributed by atoms with Crippen LogP contribution in [0.1, 0.15) is 24.0 Å². The minimum Gasteiger partial charge on any atom is -0.491 e. The SMILES string of the molecule is N#Cc1ccc(OC[C@@H](O)CN2CCC(Cc3ccccc3)CC2)cc1. The quantitative estimate of drug-likeness (QED) is 0.833. The molecule has 1 aliphatic heterocycles.